The standard InChI is InChI=1S/C11H23P/c1-4-5-10-8(2)6-7-9(3)11(10)12/h8-11H,4-7,12H2,1-3H3. The van der Waals surface area contributed by atoms with Crippen LogP contribution in [-0.2, 0) is 0 Å². The van der Waals surface area contributed by atoms with E-state index >= 15 is 0 Å². The highest BCUT2D eigenvalue weighted by Gasteiger charge is 2.31. The van der Waals surface area contributed by atoms with E-state index in [1.54, 1.807) is 0 Å². The Labute approximate surface area is 79.7 Å². The van der Waals surface area contributed by atoms with Gasteiger partial charge in [0.2, 0.25) is 0 Å². The zero-order valence-corrected chi connectivity index (χ0v) is 9.87. The summed E-state index contributed by atoms with van der Waals surface area (Å²) in [4.78, 5) is 0. The Bertz CT molecular complexity index is 133. The zero-order chi connectivity index (χ0) is 9.14. The van der Waals surface area contributed by atoms with Crippen molar-refractivity contribution in [2.45, 2.75) is 52.1 Å². The molecule has 0 amide bonds. The molecule has 1 saturated carbocycles. The normalized spacial score (nSPS) is 43.0. The van der Waals surface area contributed by atoms with Crippen molar-refractivity contribution in [3.63, 3.8) is 0 Å². The van der Waals surface area contributed by atoms with Crippen LogP contribution in [0, 0.1) is 17.8 Å². The van der Waals surface area contributed by atoms with E-state index < -0.39 is 0 Å². The third-order valence-electron chi connectivity index (χ3n) is 3.58. The summed E-state index contributed by atoms with van der Waals surface area (Å²) < 4.78 is 0. The highest BCUT2D eigenvalue weighted by molar-refractivity contribution is 7.17. The SMILES string of the molecule is CCCC1C(C)CCC(C)C1P. The fraction of sp³-hybridized carbons (Fsp3) is 1.00. The summed E-state index contributed by atoms with van der Waals surface area (Å²) in [6.07, 6.45) is 5.68. The first-order valence-corrected chi connectivity index (χ1v) is 6.09. The molecule has 5 unspecified atom stereocenters. The van der Waals surface area contributed by atoms with Crippen LogP contribution in [-0.4, -0.2) is 5.66 Å². The first kappa shape index (κ1) is 10.5. The minimum absolute atomic E-state index is 0.883. The third kappa shape index (κ3) is 2.22. The molecule has 1 rings (SSSR count). The van der Waals surface area contributed by atoms with Crippen molar-refractivity contribution in [1.82, 2.24) is 0 Å². The summed E-state index contributed by atoms with van der Waals surface area (Å²) in [6, 6.07) is 0. The van der Waals surface area contributed by atoms with Crippen molar-refractivity contribution in [2.24, 2.45) is 17.8 Å². The highest BCUT2D eigenvalue weighted by atomic mass is 31.0. The Morgan fingerprint density at radius 1 is 1.17 bits per heavy atom. The van der Waals surface area contributed by atoms with Gasteiger partial charge in [-0.2, -0.15) is 0 Å². The Balaban J connectivity index is 2.52. The predicted molar refractivity (Wildman–Crippen MR) is 59.5 cm³/mol. The van der Waals surface area contributed by atoms with Crippen molar-refractivity contribution >= 4 is 9.24 Å². The molecule has 5 atom stereocenters. The molecule has 0 N–H and O–H groups in total. The van der Waals surface area contributed by atoms with Crippen LogP contribution in [0.15, 0.2) is 0 Å². The maximum atomic E-state index is 3.08. The van der Waals surface area contributed by atoms with E-state index in [1.165, 1.54) is 25.7 Å². The molecule has 0 aromatic carbocycles. The highest BCUT2D eigenvalue weighted by Crippen LogP contribution is 2.40. The second kappa shape index (κ2) is 4.61. The molecule has 0 radical (unpaired) electrons. The Kier molecular flexibility index (Phi) is 4.03. The van der Waals surface area contributed by atoms with E-state index in [-0.39, 0.29) is 0 Å². The zero-order valence-electron chi connectivity index (χ0n) is 8.72. The second-order valence-electron chi connectivity index (χ2n) is 4.56. The van der Waals surface area contributed by atoms with E-state index in [0.717, 1.165) is 23.4 Å². The number of hydrogen-bond donors (Lipinski definition) is 0. The lowest BCUT2D eigenvalue weighted by atomic mass is 9.73. The summed E-state index contributed by atoms with van der Waals surface area (Å²) in [5.74, 6) is 2.87. The Morgan fingerprint density at radius 2 is 1.75 bits per heavy atom. The average molecular weight is 186 g/mol. The molecular weight excluding hydrogens is 163 g/mol. The molecule has 0 bridgehead atoms. The van der Waals surface area contributed by atoms with Crippen LogP contribution in [0.1, 0.15) is 46.5 Å². The molecule has 0 aromatic heterocycles. The Morgan fingerprint density at radius 3 is 2.33 bits per heavy atom. The summed E-state index contributed by atoms with van der Waals surface area (Å²) in [7, 11) is 3.08. The quantitative estimate of drug-likeness (QED) is 0.577. The van der Waals surface area contributed by atoms with Gasteiger partial charge in [0, 0.05) is 0 Å². The Hall–Kier alpha value is 0.430. The number of hydrogen-bond acceptors (Lipinski definition) is 0. The van der Waals surface area contributed by atoms with E-state index in [1.807, 2.05) is 0 Å². The van der Waals surface area contributed by atoms with Crippen molar-refractivity contribution in [3.8, 4) is 0 Å². The predicted octanol–water partition coefficient (Wildman–Crippen LogP) is 3.71. The van der Waals surface area contributed by atoms with Crippen LogP contribution in [0.25, 0.3) is 0 Å². The smallest absolute Gasteiger partial charge is 0.0208 e. The minimum atomic E-state index is 0.883. The van der Waals surface area contributed by atoms with Crippen LogP contribution < -0.4 is 0 Å². The van der Waals surface area contributed by atoms with Crippen LogP contribution in [0.2, 0.25) is 0 Å². The first-order chi connectivity index (χ1) is 5.66. The third-order valence-corrected chi connectivity index (χ3v) is 4.73. The first-order valence-electron chi connectivity index (χ1n) is 5.42. The second-order valence-corrected chi connectivity index (χ2v) is 5.33. The minimum Gasteiger partial charge on any atom is -0.134 e. The van der Waals surface area contributed by atoms with E-state index in [4.69, 9.17) is 0 Å². The molecule has 1 fully saturated rings. The number of rotatable bonds is 2. The van der Waals surface area contributed by atoms with Crippen molar-refractivity contribution in [3.05, 3.63) is 0 Å². The maximum Gasteiger partial charge on any atom is -0.0208 e. The fourth-order valence-corrected chi connectivity index (χ4v) is 3.31. The molecule has 0 saturated heterocycles. The van der Waals surface area contributed by atoms with Crippen LogP contribution in [0.3, 0.4) is 0 Å². The molecule has 1 aliphatic carbocycles. The molecule has 1 heteroatoms. The monoisotopic (exact) mass is 186 g/mol. The topological polar surface area (TPSA) is 0 Å². The lowest BCUT2D eigenvalue weighted by Gasteiger charge is -2.38. The molecule has 0 spiro atoms. The molecule has 1 aliphatic rings. The van der Waals surface area contributed by atoms with Crippen molar-refractivity contribution in [2.75, 3.05) is 0 Å². The molecule has 0 nitrogen and oxygen atoms in total. The molecule has 12 heavy (non-hydrogen) atoms. The van der Waals surface area contributed by atoms with Crippen LogP contribution in [0.5, 0.6) is 0 Å². The molecule has 0 heterocycles. The summed E-state index contributed by atoms with van der Waals surface area (Å²) >= 11 is 0. The largest absolute Gasteiger partial charge is 0.134 e. The van der Waals surface area contributed by atoms with E-state index in [9.17, 15) is 0 Å². The van der Waals surface area contributed by atoms with E-state index in [2.05, 4.69) is 30.0 Å². The van der Waals surface area contributed by atoms with Gasteiger partial charge in [-0.1, -0.05) is 33.6 Å². The van der Waals surface area contributed by atoms with Gasteiger partial charge in [-0.05, 0) is 36.3 Å². The summed E-state index contributed by atoms with van der Waals surface area (Å²) in [5, 5.41) is 0. The van der Waals surface area contributed by atoms with Gasteiger partial charge in [-0.25, -0.2) is 0 Å². The lowest BCUT2D eigenvalue weighted by molar-refractivity contribution is 0.202. The van der Waals surface area contributed by atoms with Gasteiger partial charge >= 0.3 is 0 Å². The lowest BCUT2D eigenvalue weighted by Crippen LogP contribution is -2.32. The van der Waals surface area contributed by atoms with Crippen LogP contribution in [0.4, 0.5) is 0 Å². The van der Waals surface area contributed by atoms with Crippen LogP contribution >= 0.6 is 9.24 Å². The van der Waals surface area contributed by atoms with E-state index in [0.29, 0.717) is 0 Å². The molecule has 0 aliphatic heterocycles. The summed E-state index contributed by atoms with van der Waals surface area (Å²) in [6.45, 7) is 7.15. The van der Waals surface area contributed by atoms with Gasteiger partial charge < -0.3 is 0 Å². The van der Waals surface area contributed by atoms with Gasteiger partial charge in [0.1, 0.15) is 0 Å². The van der Waals surface area contributed by atoms with Gasteiger partial charge in [0.25, 0.3) is 0 Å². The van der Waals surface area contributed by atoms with Crippen molar-refractivity contribution in [1.29, 1.82) is 0 Å². The molecule has 0 aromatic rings. The summed E-state index contributed by atoms with van der Waals surface area (Å²) in [5.41, 5.74) is 0.883. The van der Waals surface area contributed by atoms with Gasteiger partial charge in [0.15, 0.2) is 0 Å². The van der Waals surface area contributed by atoms with Crippen molar-refractivity contribution < 1.29 is 0 Å². The van der Waals surface area contributed by atoms with Gasteiger partial charge in [-0.3, -0.25) is 0 Å². The van der Waals surface area contributed by atoms with Gasteiger partial charge in [0.05, 0.1) is 0 Å². The van der Waals surface area contributed by atoms with Gasteiger partial charge in [-0.15, -0.1) is 9.24 Å². The fourth-order valence-electron chi connectivity index (χ4n) is 2.54. The molecular formula is C11H23P. The average Bonchev–Trinajstić information content (AvgIpc) is 2.06. The molecule has 72 valence electrons. The maximum absolute atomic E-state index is 3.08.